The molecule has 0 aliphatic heterocycles. The number of carbonyl (C=O) groups excluding carboxylic acids is 2. The highest BCUT2D eigenvalue weighted by atomic mass is 79.9. The van der Waals surface area contributed by atoms with Crippen molar-refractivity contribution in [1.29, 1.82) is 0 Å². The fraction of sp³-hybridized carbons (Fsp3) is 0.261. The van der Waals surface area contributed by atoms with Crippen LogP contribution in [0, 0.1) is 13.8 Å². The molecule has 0 bridgehead atoms. The predicted octanol–water partition coefficient (Wildman–Crippen LogP) is 3.31. The Bertz CT molecular complexity index is 1090. The van der Waals surface area contributed by atoms with Gasteiger partial charge in [0, 0.05) is 12.8 Å². The quantitative estimate of drug-likeness (QED) is 0.303. The zero-order valence-corrected chi connectivity index (χ0v) is 19.2. The van der Waals surface area contributed by atoms with Crippen LogP contribution in [0.15, 0.2) is 45.4 Å². The number of phenols is 1. The fourth-order valence-electron chi connectivity index (χ4n) is 3.30. The van der Waals surface area contributed by atoms with Crippen molar-refractivity contribution in [2.24, 2.45) is 0 Å². The van der Waals surface area contributed by atoms with Crippen molar-refractivity contribution in [3.63, 3.8) is 0 Å². The van der Waals surface area contributed by atoms with Gasteiger partial charge in [-0.25, -0.2) is 0 Å². The Kier molecular flexibility index (Phi) is 7.66. The average Bonchev–Trinajstić information content (AvgIpc) is 3.16. The van der Waals surface area contributed by atoms with Crippen LogP contribution < -0.4 is 5.32 Å². The number of carbonyl (C=O) groups is 2. The third kappa shape index (κ3) is 5.54. The van der Waals surface area contributed by atoms with E-state index in [1.807, 2.05) is 31.2 Å². The number of nitrogens with zero attached hydrogens (tertiary/aromatic N) is 1. The van der Waals surface area contributed by atoms with Crippen LogP contribution in [0.25, 0.3) is 0 Å². The zero-order valence-electron chi connectivity index (χ0n) is 17.6. The number of rotatable bonds is 9. The van der Waals surface area contributed by atoms with Gasteiger partial charge in [-0.1, -0.05) is 41.1 Å². The largest absolute Gasteiger partial charge is 0.506 e. The van der Waals surface area contributed by atoms with E-state index in [0.29, 0.717) is 22.2 Å². The lowest BCUT2D eigenvalue weighted by Crippen LogP contribution is -2.39. The van der Waals surface area contributed by atoms with E-state index in [4.69, 9.17) is 9.26 Å². The molecule has 3 rings (SSSR count). The van der Waals surface area contributed by atoms with Gasteiger partial charge in [0.1, 0.15) is 17.0 Å². The van der Waals surface area contributed by atoms with Gasteiger partial charge in [-0.2, -0.15) is 0 Å². The van der Waals surface area contributed by atoms with Crippen LogP contribution in [0.3, 0.4) is 0 Å². The summed E-state index contributed by atoms with van der Waals surface area (Å²) in [7, 11) is 0. The lowest BCUT2D eigenvalue weighted by molar-refractivity contribution is -0.134. The van der Waals surface area contributed by atoms with E-state index in [0.717, 1.165) is 16.7 Å². The number of hydrogen-bond donors (Lipinski definition) is 3. The summed E-state index contributed by atoms with van der Waals surface area (Å²) in [6.07, 6.45) is -0.513. The first-order chi connectivity index (χ1) is 15.3. The molecule has 3 N–H and O–H groups in total. The minimum absolute atomic E-state index is 0.0951. The summed E-state index contributed by atoms with van der Waals surface area (Å²) in [6.45, 7) is 3.48. The number of aryl methyl sites for hydroxylation is 2. The number of nitrogens with one attached hydrogen (secondary N) is 1. The molecule has 0 aliphatic rings. The molecule has 3 aromatic rings. The number of aromatic hydroxyl groups is 1. The van der Waals surface area contributed by atoms with E-state index in [9.17, 15) is 19.8 Å². The van der Waals surface area contributed by atoms with Crippen LogP contribution in [0.2, 0.25) is 0 Å². The Morgan fingerprint density at radius 2 is 1.97 bits per heavy atom. The van der Waals surface area contributed by atoms with Gasteiger partial charge in [-0.05, 0) is 52.5 Å². The molecule has 1 atom stereocenters. The Morgan fingerprint density at radius 3 is 2.59 bits per heavy atom. The normalized spacial score (nSPS) is 11.8. The highest BCUT2D eigenvalue weighted by molar-refractivity contribution is 9.10. The average molecular weight is 503 g/mol. The first-order valence-corrected chi connectivity index (χ1v) is 10.6. The van der Waals surface area contributed by atoms with Gasteiger partial charge in [-0.3, -0.25) is 9.59 Å². The van der Waals surface area contributed by atoms with Crippen LogP contribution in [0.5, 0.6) is 5.75 Å². The molecular weight excluding hydrogens is 480 g/mol. The van der Waals surface area contributed by atoms with E-state index >= 15 is 0 Å². The van der Waals surface area contributed by atoms with Gasteiger partial charge in [-0.15, -0.1) is 0 Å². The van der Waals surface area contributed by atoms with E-state index in [-0.39, 0.29) is 29.9 Å². The van der Waals surface area contributed by atoms with Crippen molar-refractivity contribution in [3.05, 3.63) is 80.1 Å². The molecule has 1 amide bonds. The molecule has 0 saturated heterocycles. The van der Waals surface area contributed by atoms with Crippen LogP contribution in [-0.2, 0) is 29.0 Å². The van der Waals surface area contributed by atoms with E-state index in [1.54, 1.807) is 19.1 Å². The molecule has 0 fully saturated rings. The maximum atomic E-state index is 13.0. The highest BCUT2D eigenvalue weighted by Crippen LogP contribution is 2.29. The second-order valence-corrected chi connectivity index (χ2v) is 8.24. The molecule has 2 aromatic carbocycles. The number of aliphatic hydroxyl groups is 1. The van der Waals surface area contributed by atoms with E-state index in [1.165, 1.54) is 0 Å². The van der Waals surface area contributed by atoms with Crippen LogP contribution in [-0.4, -0.2) is 34.0 Å². The zero-order chi connectivity index (χ0) is 23.3. The first-order valence-electron chi connectivity index (χ1n) is 9.84. The molecule has 1 aromatic heterocycles. The van der Waals surface area contributed by atoms with Crippen molar-refractivity contribution in [2.45, 2.75) is 39.5 Å². The monoisotopic (exact) mass is 502 g/mol. The molecule has 1 heterocycles. The van der Waals surface area contributed by atoms with Crippen molar-refractivity contribution in [2.75, 3.05) is 0 Å². The Hall–Kier alpha value is -3.17. The molecule has 0 saturated carbocycles. The van der Waals surface area contributed by atoms with Crippen LogP contribution in [0.4, 0.5) is 0 Å². The van der Waals surface area contributed by atoms with Crippen LogP contribution >= 0.6 is 15.9 Å². The lowest BCUT2D eigenvalue weighted by Gasteiger charge is -2.18. The van der Waals surface area contributed by atoms with Gasteiger partial charge in [0.05, 0.1) is 11.1 Å². The fourth-order valence-corrected chi connectivity index (χ4v) is 3.90. The van der Waals surface area contributed by atoms with Gasteiger partial charge in [0.15, 0.2) is 12.0 Å². The minimum Gasteiger partial charge on any atom is -0.506 e. The van der Waals surface area contributed by atoms with E-state index < -0.39 is 18.7 Å². The van der Waals surface area contributed by atoms with Crippen molar-refractivity contribution in [3.8, 4) is 5.75 Å². The maximum Gasteiger partial charge on any atom is 0.295 e. The molecule has 168 valence electrons. The van der Waals surface area contributed by atoms with Crippen LogP contribution in [0.1, 0.15) is 44.1 Å². The number of aromatic nitrogens is 1. The SMILES string of the molecule is Cc1ccc(Cc2onc(CO)c2C(=O)N[C@@H](Cc2cc(C)c(O)c(Br)c2)OC=O)cc1. The summed E-state index contributed by atoms with van der Waals surface area (Å²) in [4.78, 5) is 24.1. The molecule has 32 heavy (non-hydrogen) atoms. The molecule has 0 spiro atoms. The Balaban J connectivity index is 1.82. The van der Waals surface area contributed by atoms with Gasteiger partial charge in [0.25, 0.3) is 12.4 Å². The smallest absolute Gasteiger partial charge is 0.295 e. The second kappa shape index (κ2) is 10.4. The van der Waals surface area contributed by atoms with Crippen molar-refractivity contribution < 1.29 is 29.1 Å². The number of hydrogen-bond acceptors (Lipinski definition) is 7. The summed E-state index contributed by atoms with van der Waals surface area (Å²) in [5.41, 5.74) is 3.58. The number of aliphatic hydroxyl groups excluding tert-OH is 1. The van der Waals surface area contributed by atoms with Gasteiger partial charge in [0.2, 0.25) is 0 Å². The minimum atomic E-state index is -0.982. The van der Waals surface area contributed by atoms with Gasteiger partial charge < -0.3 is 24.8 Å². The Morgan fingerprint density at radius 1 is 1.25 bits per heavy atom. The number of phenolic OH excluding ortho intramolecular Hbond substituents is 1. The molecule has 0 unspecified atom stereocenters. The molecule has 9 heteroatoms. The third-order valence-corrected chi connectivity index (χ3v) is 5.55. The summed E-state index contributed by atoms with van der Waals surface area (Å²) >= 11 is 3.28. The topological polar surface area (TPSA) is 122 Å². The number of ether oxygens (including phenoxy) is 1. The second-order valence-electron chi connectivity index (χ2n) is 7.39. The van der Waals surface area contributed by atoms with Crippen molar-refractivity contribution >= 4 is 28.3 Å². The maximum absolute atomic E-state index is 13.0. The first kappa shape index (κ1) is 23.5. The summed E-state index contributed by atoms with van der Waals surface area (Å²) in [5, 5.41) is 26.0. The Labute approximate surface area is 193 Å². The van der Waals surface area contributed by atoms with Gasteiger partial charge >= 0.3 is 0 Å². The third-order valence-electron chi connectivity index (χ3n) is 4.94. The number of benzene rings is 2. The summed E-state index contributed by atoms with van der Waals surface area (Å²) in [5.74, 6) is -0.175. The summed E-state index contributed by atoms with van der Waals surface area (Å²) in [6, 6.07) is 11.1. The lowest BCUT2D eigenvalue weighted by atomic mass is 10.0. The van der Waals surface area contributed by atoms with E-state index in [2.05, 4.69) is 26.4 Å². The highest BCUT2D eigenvalue weighted by Gasteiger charge is 2.25. The van der Waals surface area contributed by atoms with Crippen molar-refractivity contribution in [1.82, 2.24) is 10.5 Å². The number of halogens is 1. The molecule has 0 radical (unpaired) electrons. The predicted molar refractivity (Wildman–Crippen MR) is 119 cm³/mol. The number of amides is 1. The summed E-state index contributed by atoms with van der Waals surface area (Å²) < 4.78 is 10.9. The molecule has 8 nitrogen and oxygen atoms in total. The molecule has 0 aliphatic carbocycles. The molecular formula is C23H23BrN2O6. The standard InChI is InChI=1S/C23H23BrN2O6/c1-13-3-5-15(6-4-13)9-19-21(18(11-27)26-32-19)23(30)25-20(31-12-28)10-16-7-14(2)22(29)17(24)8-16/h3-8,12,20,27,29H,9-11H2,1-2H3,(H,25,30)/t20-/m1/s1.